The number of benzene rings is 4. The zero-order valence-corrected chi connectivity index (χ0v) is 26.7. The Hall–Kier alpha value is -4.74. The van der Waals surface area contributed by atoms with E-state index in [2.05, 4.69) is 42.3 Å². The summed E-state index contributed by atoms with van der Waals surface area (Å²) >= 11 is 6.98. The predicted molar refractivity (Wildman–Crippen MR) is 178 cm³/mol. The number of aromatic nitrogens is 2. The molecule has 6 rings (SSSR count). The van der Waals surface area contributed by atoms with Crippen LogP contribution in [0.25, 0.3) is 33.5 Å². The van der Waals surface area contributed by atoms with Crippen molar-refractivity contribution in [1.82, 2.24) is 9.66 Å². The summed E-state index contributed by atoms with van der Waals surface area (Å²) < 4.78 is 20.4. The van der Waals surface area contributed by atoms with Crippen molar-refractivity contribution in [3.63, 3.8) is 0 Å². The summed E-state index contributed by atoms with van der Waals surface area (Å²) in [7, 11) is 1.50. The summed E-state index contributed by atoms with van der Waals surface area (Å²) in [5.41, 5.74) is 2.84. The molecule has 0 aliphatic heterocycles. The molecule has 2 aromatic heterocycles. The first-order valence-corrected chi connectivity index (χ1v) is 15.0. The predicted octanol–water partition coefficient (Wildman–Crippen LogP) is 7.55. The van der Waals surface area contributed by atoms with Crippen LogP contribution in [0.4, 0.5) is 5.69 Å². The number of methoxy groups -OCH3 is 1. The molecule has 0 aliphatic carbocycles. The number of nitrogens with one attached hydrogen (secondary N) is 1. The number of furan rings is 1. The third-order valence-electron chi connectivity index (χ3n) is 6.80. The fourth-order valence-corrected chi connectivity index (χ4v) is 5.50. The second-order valence-corrected chi connectivity index (χ2v) is 11.6. The fourth-order valence-electron chi connectivity index (χ4n) is 4.66. The number of hydrogen-bond donors (Lipinski definition) is 1. The average molecular weight is 716 g/mol. The molecule has 9 nitrogen and oxygen atoms in total. The van der Waals surface area contributed by atoms with Crippen molar-refractivity contribution in [2.24, 2.45) is 5.10 Å². The van der Waals surface area contributed by atoms with E-state index in [9.17, 15) is 9.59 Å². The highest BCUT2D eigenvalue weighted by atomic mass is 79.9. The number of anilines is 1. The number of amides is 1. The van der Waals surface area contributed by atoms with Crippen LogP contribution in [0, 0.1) is 6.92 Å². The number of rotatable bonds is 8. The van der Waals surface area contributed by atoms with Gasteiger partial charge in [0.15, 0.2) is 23.9 Å². The Bertz CT molecular complexity index is 2140. The lowest BCUT2D eigenvalue weighted by molar-refractivity contribution is -0.118. The third-order valence-corrected chi connectivity index (χ3v) is 7.75. The number of carbonyl (C=O) groups is 1. The van der Waals surface area contributed by atoms with Gasteiger partial charge in [-0.05, 0) is 67.1 Å². The Morgan fingerprint density at radius 1 is 1.02 bits per heavy atom. The van der Waals surface area contributed by atoms with Gasteiger partial charge >= 0.3 is 0 Å². The molecule has 0 bridgehead atoms. The Labute approximate surface area is 268 Å². The van der Waals surface area contributed by atoms with Crippen molar-refractivity contribution in [3.8, 4) is 23.1 Å². The van der Waals surface area contributed by atoms with Gasteiger partial charge in [0.2, 0.25) is 5.82 Å². The van der Waals surface area contributed by atoms with E-state index in [0.717, 1.165) is 15.4 Å². The van der Waals surface area contributed by atoms with Crippen molar-refractivity contribution >= 4 is 71.5 Å². The summed E-state index contributed by atoms with van der Waals surface area (Å²) in [6.45, 7) is 1.62. The molecule has 0 fully saturated rings. The summed E-state index contributed by atoms with van der Waals surface area (Å²) in [5.74, 6) is 0.891. The number of nitrogens with zero attached hydrogens (tertiary/aromatic N) is 3. The molecule has 0 saturated heterocycles. The van der Waals surface area contributed by atoms with Crippen LogP contribution in [0.15, 0.2) is 108 Å². The molecule has 0 atom stereocenters. The summed E-state index contributed by atoms with van der Waals surface area (Å²) in [5, 5.41) is 8.65. The fraction of sp³-hybridized carbons (Fsp3) is 0.0909. The molecule has 0 radical (unpaired) electrons. The van der Waals surface area contributed by atoms with E-state index in [0.29, 0.717) is 43.7 Å². The number of carbonyl (C=O) groups excluding carboxylic acids is 1. The minimum absolute atomic E-state index is 0.222. The molecule has 1 amide bonds. The van der Waals surface area contributed by atoms with Gasteiger partial charge in [0.25, 0.3) is 11.5 Å². The summed E-state index contributed by atoms with van der Waals surface area (Å²) in [4.78, 5) is 31.3. The van der Waals surface area contributed by atoms with E-state index in [1.54, 1.807) is 30.3 Å². The quantitative estimate of drug-likeness (QED) is 0.163. The van der Waals surface area contributed by atoms with Crippen molar-refractivity contribution < 1.29 is 18.7 Å². The van der Waals surface area contributed by atoms with Crippen molar-refractivity contribution in [2.45, 2.75) is 6.92 Å². The number of hydrogen-bond acceptors (Lipinski definition) is 7. The van der Waals surface area contributed by atoms with Gasteiger partial charge in [-0.2, -0.15) is 9.78 Å². The molecule has 0 saturated carbocycles. The number of fused-ring (bicyclic) bond motifs is 2. The van der Waals surface area contributed by atoms with Gasteiger partial charge in [0.1, 0.15) is 5.58 Å². The Morgan fingerprint density at radius 3 is 2.64 bits per heavy atom. The molecule has 4 aromatic carbocycles. The number of para-hydroxylation sites is 2. The smallest absolute Gasteiger partial charge is 0.282 e. The van der Waals surface area contributed by atoms with Crippen LogP contribution in [0.2, 0.25) is 0 Å². The van der Waals surface area contributed by atoms with Gasteiger partial charge in [-0.3, -0.25) is 9.59 Å². The van der Waals surface area contributed by atoms with Crippen molar-refractivity contribution in [1.29, 1.82) is 0 Å². The van der Waals surface area contributed by atoms with Crippen LogP contribution < -0.4 is 20.3 Å². The number of aryl methyl sites for hydroxylation is 1. The molecule has 220 valence electrons. The molecular weight excluding hydrogens is 692 g/mol. The molecule has 11 heteroatoms. The van der Waals surface area contributed by atoms with E-state index in [-0.39, 0.29) is 29.6 Å². The number of ether oxygens (including phenoxy) is 2. The van der Waals surface area contributed by atoms with E-state index in [1.165, 1.54) is 18.0 Å². The van der Waals surface area contributed by atoms with E-state index < -0.39 is 0 Å². The van der Waals surface area contributed by atoms with Crippen LogP contribution >= 0.6 is 31.9 Å². The van der Waals surface area contributed by atoms with Crippen LogP contribution in [-0.2, 0) is 4.79 Å². The van der Waals surface area contributed by atoms with E-state index in [1.807, 2.05) is 61.5 Å². The average Bonchev–Trinajstić information content (AvgIpc) is 3.44. The lowest BCUT2D eigenvalue weighted by Gasteiger charge is -2.15. The first kappa shape index (κ1) is 29.3. The zero-order chi connectivity index (χ0) is 30.8. The highest BCUT2D eigenvalue weighted by molar-refractivity contribution is 9.10. The van der Waals surface area contributed by atoms with E-state index in [4.69, 9.17) is 18.9 Å². The molecule has 6 aromatic rings. The van der Waals surface area contributed by atoms with Gasteiger partial charge in [0, 0.05) is 25.6 Å². The van der Waals surface area contributed by atoms with Gasteiger partial charge in [-0.15, -0.1) is 0 Å². The van der Waals surface area contributed by atoms with Gasteiger partial charge < -0.3 is 19.2 Å². The second kappa shape index (κ2) is 12.5. The van der Waals surface area contributed by atoms with E-state index >= 15 is 0 Å². The first-order valence-electron chi connectivity index (χ1n) is 13.4. The zero-order valence-electron chi connectivity index (χ0n) is 23.5. The first-order chi connectivity index (χ1) is 21.3. The molecule has 1 N–H and O–H groups in total. The maximum atomic E-state index is 13.7. The Kier molecular flexibility index (Phi) is 8.32. The summed E-state index contributed by atoms with van der Waals surface area (Å²) in [6, 6.07) is 25.4. The largest absolute Gasteiger partial charge is 0.493 e. The van der Waals surface area contributed by atoms with Crippen LogP contribution in [-0.4, -0.2) is 35.5 Å². The molecule has 0 unspecified atom stereocenters. The van der Waals surface area contributed by atoms with Gasteiger partial charge in [-0.1, -0.05) is 62.2 Å². The molecular formula is C33H24Br2N4O5. The van der Waals surface area contributed by atoms with Crippen molar-refractivity contribution in [3.05, 3.63) is 115 Å². The maximum absolute atomic E-state index is 13.7. The molecule has 0 spiro atoms. The highest BCUT2D eigenvalue weighted by Gasteiger charge is 2.18. The highest BCUT2D eigenvalue weighted by Crippen LogP contribution is 2.34. The number of halogens is 2. The molecule has 2 heterocycles. The van der Waals surface area contributed by atoms with Crippen LogP contribution in [0.1, 0.15) is 11.1 Å². The van der Waals surface area contributed by atoms with Crippen LogP contribution in [0.3, 0.4) is 0 Å². The monoisotopic (exact) mass is 714 g/mol. The van der Waals surface area contributed by atoms with Crippen LogP contribution in [0.5, 0.6) is 11.5 Å². The lowest BCUT2D eigenvalue weighted by Crippen LogP contribution is -2.21. The van der Waals surface area contributed by atoms with Gasteiger partial charge in [0.05, 0.1) is 24.2 Å². The maximum Gasteiger partial charge on any atom is 0.282 e. The Morgan fingerprint density at radius 2 is 1.82 bits per heavy atom. The minimum Gasteiger partial charge on any atom is -0.493 e. The minimum atomic E-state index is -0.384. The van der Waals surface area contributed by atoms with Gasteiger partial charge in [-0.25, -0.2) is 4.98 Å². The third kappa shape index (κ3) is 6.01. The topological polar surface area (TPSA) is 108 Å². The lowest BCUT2D eigenvalue weighted by atomic mass is 10.2. The molecule has 0 aliphatic rings. The summed E-state index contributed by atoms with van der Waals surface area (Å²) in [6.07, 6.45) is 1.46. The van der Waals surface area contributed by atoms with Crippen molar-refractivity contribution in [2.75, 3.05) is 19.0 Å². The normalized spacial score (nSPS) is 11.4. The molecule has 44 heavy (non-hydrogen) atoms. The SMILES string of the molecule is COc1cc(Br)cc(C=Nn2c(-c3cc4cc(Br)ccc4o3)nc3ccccc3c2=O)c1OCC(=O)Nc1ccccc1C. The Balaban J connectivity index is 1.40. The standard InChI is InChI=1S/C33H24Br2N4O5/c1-19-7-3-5-9-25(19)37-30(40)18-43-31-21(14-23(35)16-28(31)42-2)17-36-39-32(38-26-10-6-4-8-24(26)33(39)41)29-15-20-13-22(34)11-12-27(20)44-29/h3-17H,18H2,1-2H3,(H,37,40). The second-order valence-electron chi connectivity index (χ2n) is 9.79.